The van der Waals surface area contributed by atoms with Crippen molar-refractivity contribution in [3.8, 4) is 0 Å². The molecule has 1 aromatic heterocycles. The highest BCUT2D eigenvalue weighted by Gasteiger charge is 2.23. The third-order valence-electron chi connectivity index (χ3n) is 2.44. The van der Waals surface area contributed by atoms with Crippen molar-refractivity contribution >= 4 is 11.9 Å². The number of likely N-dealkylation sites (N-methyl/N-ethyl adjacent to an activating group) is 1. The Morgan fingerprint density at radius 2 is 2.06 bits per heavy atom. The molecule has 0 fully saturated rings. The molecule has 0 spiro atoms. The second kappa shape index (κ2) is 4.77. The van der Waals surface area contributed by atoms with Crippen molar-refractivity contribution in [3.63, 3.8) is 0 Å². The van der Waals surface area contributed by atoms with Crippen molar-refractivity contribution in [2.24, 2.45) is 7.05 Å². The SMILES string of the molecule is CC(C(=O)O)N(C)C(=O)c1ccc(=O)n(C)n1. The molecule has 1 unspecified atom stereocenters. The highest BCUT2D eigenvalue weighted by atomic mass is 16.4. The minimum Gasteiger partial charge on any atom is -0.480 e. The Balaban J connectivity index is 3.00. The van der Waals surface area contributed by atoms with E-state index in [2.05, 4.69) is 5.10 Å². The van der Waals surface area contributed by atoms with Crippen LogP contribution < -0.4 is 5.56 Å². The Labute approximate surface area is 97.3 Å². The highest BCUT2D eigenvalue weighted by molar-refractivity contribution is 5.94. The van der Waals surface area contributed by atoms with Gasteiger partial charge in [-0.2, -0.15) is 5.10 Å². The van der Waals surface area contributed by atoms with Crippen molar-refractivity contribution in [2.45, 2.75) is 13.0 Å². The van der Waals surface area contributed by atoms with Gasteiger partial charge in [-0.25, -0.2) is 9.48 Å². The van der Waals surface area contributed by atoms with Crippen LogP contribution in [0.4, 0.5) is 0 Å². The van der Waals surface area contributed by atoms with E-state index in [-0.39, 0.29) is 11.3 Å². The first-order chi connectivity index (χ1) is 7.84. The molecule has 0 saturated heterocycles. The molecule has 0 aromatic carbocycles. The zero-order chi connectivity index (χ0) is 13.2. The van der Waals surface area contributed by atoms with Gasteiger partial charge in [-0.1, -0.05) is 0 Å². The van der Waals surface area contributed by atoms with E-state index in [1.807, 2.05) is 0 Å². The first-order valence-corrected chi connectivity index (χ1v) is 4.89. The van der Waals surface area contributed by atoms with Gasteiger partial charge in [0, 0.05) is 20.2 Å². The van der Waals surface area contributed by atoms with E-state index in [1.165, 1.54) is 33.2 Å². The number of carbonyl (C=O) groups excluding carboxylic acids is 1. The molecular weight excluding hydrogens is 226 g/mol. The molecule has 0 aliphatic heterocycles. The van der Waals surface area contributed by atoms with Gasteiger partial charge in [0.25, 0.3) is 11.5 Å². The van der Waals surface area contributed by atoms with Crippen molar-refractivity contribution in [3.05, 3.63) is 28.2 Å². The van der Waals surface area contributed by atoms with Gasteiger partial charge >= 0.3 is 5.97 Å². The number of amides is 1. The fraction of sp³-hybridized carbons (Fsp3) is 0.400. The number of aliphatic carboxylic acids is 1. The molecule has 17 heavy (non-hydrogen) atoms. The predicted molar refractivity (Wildman–Crippen MR) is 58.7 cm³/mol. The minimum absolute atomic E-state index is 0.0303. The molecule has 7 nitrogen and oxygen atoms in total. The quantitative estimate of drug-likeness (QED) is 0.754. The smallest absolute Gasteiger partial charge is 0.326 e. The van der Waals surface area contributed by atoms with E-state index in [0.717, 1.165) is 9.58 Å². The summed E-state index contributed by atoms with van der Waals surface area (Å²) in [7, 11) is 2.79. The van der Waals surface area contributed by atoms with Crippen molar-refractivity contribution in [1.82, 2.24) is 14.7 Å². The van der Waals surface area contributed by atoms with Crippen LogP contribution in [0.15, 0.2) is 16.9 Å². The summed E-state index contributed by atoms with van der Waals surface area (Å²) in [6.45, 7) is 1.39. The molecule has 1 heterocycles. The van der Waals surface area contributed by atoms with Crippen LogP contribution in [0.3, 0.4) is 0 Å². The maximum atomic E-state index is 11.8. The third-order valence-corrected chi connectivity index (χ3v) is 2.44. The van der Waals surface area contributed by atoms with Crippen LogP contribution in [-0.4, -0.2) is 44.8 Å². The number of aromatic nitrogens is 2. The first kappa shape index (κ1) is 12.9. The molecule has 1 N–H and O–H groups in total. The van der Waals surface area contributed by atoms with Gasteiger partial charge in [-0.15, -0.1) is 0 Å². The van der Waals surface area contributed by atoms with Crippen molar-refractivity contribution in [1.29, 1.82) is 0 Å². The van der Waals surface area contributed by atoms with Crippen LogP contribution in [0.5, 0.6) is 0 Å². The normalized spacial score (nSPS) is 11.9. The standard InChI is InChI=1S/C10H13N3O4/c1-6(10(16)17)12(2)9(15)7-4-5-8(14)13(3)11-7/h4-6H,1-3H3,(H,16,17). The Morgan fingerprint density at radius 1 is 1.47 bits per heavy atom. The maximum Gasteiger partial charge on any atom is 0.326 e. The number of carboxylic acids is 1. The van der Waals surface area contributed by atoms with E-state index in [0.29, 0.717) is 0 Å². The number of carbonyl (C=O) groups is 2. The van der Waals surface area contributed by atoms with Crippen LogP contribution in [-0.2, 0) is 11.8 Å². The zero-order valence-corrected chi connectivity index (χ0v) is 9.75. The number of aryl methyl sites for hydroxylation is 1. The van der Waals surface area contributed by atoms with Gasteiger partial charge in [0.1, 0.15) is 11.7 Å². The average molecular weight is 239 g/mol. The van der Waals surface area contributed by atoms with Gasteiger partial charge in [0.05, 0.1) is 0 Å². The fourth-order valence-electron chi connectivity index (χ4n) is 1.14. The Kier molecular flexibility index (Phi) is 3.62. The topological polar surface area (TPSA) is 92.5 Å². The van der Waals surface area contributed by atoms with Gasteiger partial charge < -0.3 is 10.0 Å². The van der Waals surface area contributed by atoms with Crippen molar-refractivity contribution in [2.75, 3.05) is 7.05 Å². The van der Waals surface area contributed by atoms with Gasteiger partial charge in [-0.05, 0) is 13.0 Å². The largest absolute Gasteiger partial charge is 0.480 e. The lowest BCUT2D eigenvalue weighted by molar-refractivity contribution is -0.141. The Hall–Kier alpha value is -2.18. The summed E-state index contributed by atoms with van der Waals surface area (Å²) in [4.78, 5) is 34.7. The molecule has 1 amide bonds. The molecule has 0 saturated carbocycles. The molecule has 0 aliphatic rings. The molecule has 7 heteroatoms. The van der Waals surface area contributed by atoms with E-state index < -0.39 is 17.9 Å². The second-order valence-corrected chi connectivity index (χ2v) is 3.61. The molecule has 0 aliphatic carbocycles. The number of carboxylic acid groups (broad SMARTS) is 1. The minimum atomic E-state index is -1.11. The maximum absolute atomic E-state index is 11.8. The van der Waals surface area contributed by atoms with Gasteiger partial charge in [0.2, 0.25) is 0 Å². The van der Waals surface area contributed by atoms with Gasteiger partial charge in [0.15, 0.2) is 0 Å². The van der Waals surface area contributed by atoms with E-state index in [4.69, 9.17) is 5.11 Å². The molecule has 0 bridgehead atoms. The number of rotatable bonds is 3. The highest BCUT2D eigenvalue weighted by Crippen LogP contribution is 2.02. The first-order valence-electron chi connectivity index (χ1n) is 4.89. The summed E-state index contributed by atoms with van der Waals surface area (Å²) in [6, 6.07) is 1.52. The van der Waals surface area contributed by atoms with Crippen LogP contribution in [0.25, 0.3) is 0 Å². The number of hydrogen-bond donors (Lipinski definition) is 1. The molecule has 1 rings (SSSR count). The summed E-state index contributed by atoms with van der Waals surface area (Å²) < 4.78 is 1.02. The molecule has 92 valence electrons. The van der Waals surface area contributed by atoms with Crippen LogP contribution in [0.2, 0.25) is 0 Å². The lowest BCUT2D eigenvalue weighted by Crippen LogP contribution is -2.41. The fourth-order valence-corrected chi connectivity index (χ4v) is 1.14. The summed E-state index contributed by atoms with van der Waals surface area (Å²) in [6.07, 6.45) is 0. The lowest BCUT2D eigenvalue weighted by atomic mass is 10.2. The number of hydrogen-bond acceptors (Lipinski definition) is 4. The molecule has 0 radical (unpaired) electrons. The summed E-state index contributed by atoms with van der Waals surface area (Å²) in [5.74, 6) is -1.65. The third kappa shape index (κ3) is 2.68. The van der Waals surface area contributed by atoms with E-state index >= 15 is 0 Å². The Morgan fingerprint density at radius 3 is 2.53 bits per heavy atom. The second-order valence-electron chi connectivity index (χ2n) is 3.61. The summed E-state index contributed by atoms with van der Waals surface area (Å²) >= 11 is 0. The van der Waals surface area contributed by atoms with Crippen LogP contribution in [0.1, 0.15) is 17.4 Å². The van der Waals surface area contributed by atoms with Crippen molar-refractivity contribution < 1.29 is 14.7 Å². The number of nitrogens with zero attached hydrogens (tertiary/aromatic N) is 3. The molecular formula is C10H13N3O4. The average Bonchev–Trinajstić information content (AvgIpc) is 2.29. The van der Waals surface area contributed by atoms with Gasteiger partial charge in [-0.3, -0.25) is 9.59 Å². The zero-order valence-electron chi connectivity index (χ0n) is 9.75. The van der Waals surface area contributed by atoms with Crippen LogP contribution >= 0.6 is 0 Å². The molecule has 1 atom stereocenters. The van der Waals surface area contributed by atoms with E-state index in [1.54, 1.807) is 0 Å². The lowest BCUT2D eigenvalue weighted by Gasteiger charge is -2.20. The summed E-state index contributed by atoms with van der Waals surface area (Å²) in [5.41, 5.74) is -0.307. The summed E-state index contributed by atoms with van der Waals surface area (Å²) in [5, 5.41) is 12.5. The predicted octanol–water partition coefficient (Wildman–Crippen LogP) is -0.675. The van der Waals surface area contributed by atoms with E-state index in [9.17, 15) is 14.4 Å². The van der Waals surface area contributed by atoms with Crippen LogP contribution in [0, 0.1) is 0 Å². The molecule has 1 aromatic rings. The Bertz CT molecular complexity index is 509. The monoisotopic (exact) mass is 239 g/mol.